The summed E-state index contributed by atoms with van der Waals surface area (Å²) in [6.45, 7) is 1.69. The summed E-state index contributed by atoms with van der Waals surface area (Å²) >= 11 is 6.04. The summed E-state index contributed by atoms with van der Waals surface area (Å²) in [4.78, 5) is 0. The number of halogens is 1. The van der Waals surface area contributed by atoms with Crippen molar-refractivity contribution in [1.82, 2.24) is 14.6 Å². The zero-order chi connectivity index (χ0) is 11.0. The molecule has 4 nitrogen and oxygen atoms in total. The van der Waals surface area contributed by atoms with E-state index < -0.39 is 0 Å². The lowest BCUT2D eigenvalue weighted by Crippen LogP contribution is -2.07. The zero-order valence-corrected chi connectivity index (χ0v) is 9.52. The number of nitrogens with zero attached hydrogens (tertiary/aromatic N) is 3. The van der Waals surface area contributed by atoms with Crippen LogP contribution in [0.1, 0.15) is 12.2 Å². The number of hydrogen-bond acceptors (Lipinski definition) is 3. The van der Waals surface area contributed by atoms with Gasteiger partial charge in [0.2, 0.25) is 0 Å². The van der Waals surface area contributed by atoms with Gasteiger partial charge in [-0.2, -0.15) is 0 Å². The highest BCUT2D eigenvalue weighted by atomic mass is 35.5. The molecule has 2 aromatic heterocycles. The number of rotatable bonds is 2. The first-order chi connectivity index (χ1) is 7.84. The second kappa shape index (κ2) is 4.03. The molecule has 1 aliphatic heterocycles. The largest absolute Gasteiger partial charge is 0.381 e. The van der Waals surface area contributed by atoms with Crippen LogP contribution in [0, 0.1) is 5.92 Å². The molecule has 16 heavy (non-hydrogen) atoms. The van der Waals surface area contributed by atoms with Crippen molar-refractivity contribution in [2.45, 2.75) is 12.8 Å². The molecule has 0 bridgehead atoms. The van der Waals surface area contributed by atoms with Crippen molar-refractivity contribution in [2.24, 2.45) is 5.92 Å². The summed E-state index contributed by atoms with van der Waals surface area (Å²) in [6, 6.07) is 3.74. The molecule has 1 saturated heterocycles. The van der Waals surface area contributed by atoms with E-state index in [1.165, 1.54) is 0 Å². The van der Waals surface area contributed by atoms with Crippen LogP contribution in [0.3, 0.4) is 0 Å². The van der Waals surface area contributed by atoms with Gasteiger partial charge in [0, 0.05) is 25.8 Å². The molecule has 3 heterocycles. The van der Waals surface area contributed by atoms with Gasteiger partial charge in [-0.05, 0) is 24.5 Å². The predicted octanol–water partition coefficient (Wildman–Crippen LogP) is 1.96. The average Bonchev–Trinajstić information content (AvgIpc) is 2.90. The molecule has 84 valence electrons. The molecule has 1 unspecified atom stereocenters. The molecule has 0 amide bonds. The lowest BCUT2D eigenvalue weighted by atomic mass is 10.1. The van der Waals surface area contributed by atoms with Crippen LogP contribution in [0.25, 0.3) is 5.65 Å². The standard InChI is InChI=1S/C11H12ClN3O/c12-9-2-1-4-15-10(13-14-11(9)15)6-8-3-5-16-7-8/h1-2,4,8H,3,5-7H2. The van der Waals surface area contributed by atoms with Crippen molar-refractivity contribution in [1.29, 1.82) is 0 Å². The molecule has 0 radical (unpaired) electrons. The van der Waals surface area contributed by atoms with Crippen LogP contribution >= 0.6 is 11.6 Å². The highest BCUT2D eigenvalue weighted by Crippen LogP contribution is 2.20. The van der Waals surface area contributed by atoms with Gasteiger partial charge in [0.05, 0.1) is 5.02 Å². The smallest absolute Gasteiger partial charge is 0.179 e. The minimum absolute atomic E-state index is 0.561. The lowest BCUT2D eigenvalue weighted by Gasteiger charge is -2.05. The van der Waals surface area contributed by atoms with Gasteiger partial charge in [0.1, 0.15) is 5.82 Å². The second-order valence-corrected chi connectivity index (χ2v) is 4.51. The summed E-state index contributed by atoms with van der Waals surface area (Å²) in [5, 5.41) is 8.94. The van der Waals surface area contributed by atoms with Crippen LogP contribution in [0.15, 0.2) is 18.3 Å². The normalized spacial score (nSPS) is 20.7. The Morgan fingerprint density at radius 2 is 2.44 bits per heavy atom. The van der Waals surface area contributed by atoms with E-state index in [4.69, 9.17) is 16.3 Å². The van der Waals surface area contributed by atoms with Gasteiger partial charge in [-0.1, -0.05) is 11.6 Å². The Kier molecular flexibility index (Phi) is 2.53. The topological polar surface area (TPSA) is 39.4 Å². The van der Waals surface area contributed by atoms with Gasteiger partial charge < -0.3 is 4.74 Å². The van der Waals surface area contributed by atoms with Crippen molar-refractivity contribution < 1.29 is 4.74 Å². The summed E-state index contributed by atoms with van der Waals surface area (Å²) in [7, 11) is 0. The molecule has 2 aromatic rings. The third-order valence-corrected chi connectivity index (χ3v) is 3.25. The lowest BCUT2D eigenvalue weighted by molar-refractivity contribution is 0.185. The van der Waals surface area contributed by atoms with Gasteiger partial charge in [-0.15, -0.1) is 10.2 Å². The van der Waals surface area contributed by atoms with E-state index in [2.05, 4.69) is 10.2 Å². The second-order valence-electron chi connectivity index (χ2n) is 4.10. The van der Waals surface area contributed by atoms with Crippen LogP contribution < -0.4 is 0 Å². The zero-order valence-electron chi connectivity index (χ0n) is 8.77. The first kappa shape index (κ1) is 10.1. The Labute approximate surface area is 98.2 Å². The fourth-order valence-corrected chi connectivity index (χ4v) is 2.27. The highest BCUT2D eigenvalue weighted by Gasteiger charge is 2.19. The Morgan fingerprint density at radius 3 is 3.25 bits per heavy atom. The van der Waals surface area contributed by atoms with Crippen molar-refractivity contribution in [3.63, 3.8) is 0 Å². The minimum Gasteiger partial charge on any atom is -0.381 e. The number of hydrogen-bond donors (Lipinski definition) is 0. The van der Waals surface area contributed by atoms with Gasteiger partial charge >= 0.3 is 0 Å². The Bertz CT molecular complexity index is 505. The van der Waals surface area contributed by atoms with Crippen molar-refractivity contribution in [2.75, 3.05) is 13.2 Å². The molecule has 1 aliphatic rings. The van der Waals surface area contributed by atoms with Crippen molar-refractivity contribution >= 4 is 17.2 Å². The molecule has 1 atom stereocenters. The summed E-state index contributed by atoms with van der Waals surface area (Å²) < 4.78 is 7.32. The maximum Gasteiger partial charge on any atom is 0.179 e. The number of aromatic nitrogens is 3. The first-order valence-corrected chi connectivity index (χ1v) is 5.78. The molecule has 1 fully saturated rings. The monoisotopic (exact) mass is 237 g/mol. The molecule has 0 N–H and O–H groups in total. The van der Waals surface area contributed by atoms with E-state index in [9.17, 15) is 0 Å². The summed E-state index contributed by atoms with van der Waals surface area (Å²) in [5.74, 6) is 1.53. The van der Waals surface area contributed by atoms with Crippen LogP contribution in [-0.2, 0) is 11.2 Å². The highest BCUT2D eigenvalue weighted by molar-refractivity contribution is 6.33. The van der Waals surface area contributed by atoms with Crippen LogP contribution in [0.4, 0.5) is 0 Å². The Morgan fingerprint density at radius 1 is 1.50 bits per heavy atom. The van der Waals surface area contributed by atoms with Crippen LogP contribution in [-0.4, -0.2) is 27.8 Å². The van der Waals surface area contributed by atoms with Crippen molar-refractivity contribution in [3.05, 3.63) is 29.2 Å². The minimum atomic E-state index is 0.561. The summed E-state index contributed by atoms with van der Waals surface area (Å²) in [6.07, 6.45) is 3.96. The number of fused-ring (bicyclic) bond motifs is 1. The molecular weight excluding hydrogens is 226 g/mol. The number of ether oxygens (including phenoxy) is 1. The molecule has 5 heteroatoms. The van der Waals surface area contributed by atoms with Crippen LogP contribution in [0.2, 0.25) is 5.02 Å². The maximum atomic E-state index is 6.04. The summed E-state index contributed by atoms with van der Waals surface area (Å²) in [5.41, 5.74) is 0.734. The van der Waals surface area contributed by atoms with Crippen molar-refractivity contribution in [3.8, 4) is 0 Å². The fourth-order valence-electron chi connectivity index (χ4n) is 2.07. The van der Waals surface area contributed by atoms with Gasteiger partial charge in [0.15, 0.2) is 5.65 Å². The Hall–Kier alpha value is -1.13. The SMILES string of the molecule is Clc1cccn2c(CC3CCOC3)nnc12. The van der Waals surface area contributed by atoms with Gasteiger partial charge in [-0.3, -0.25) is 4.40 Å². The molecular formula is C11H12ClN3O. The molecule has 0 spiro atoms. The predicted molar refractivity (Wildman–Crippen MR) is 60.6 cm³/mol. The molecule has 3 rings (SSSR count). The maximum absolute atomic E-state index is 6.04. The fraction of sp³-hybridized carbons (Fsp3) is 0.455. The van der Waals surface area contributed by atoms with Gasteiger partial charge in [-0.25, -0.2) is 0 Å². The van der Waals surface area contributed by atoms with E-state index in [0.29, 0.717) is 10.9 Å². The van der Waals surface area contributed by atoms with Gasteiger partial charge in [0.25, 0.3) is 0 Å². The molecule has 0 aromatic carbocycles. The number of pyridine rings is 1. The third kappa shape index (κ3) is 1.68. The van der Waals surface area contributed by atoms with E-state index in [1.807, 2.05) is 22.7 Å². The molecule has 0 saturated carbocycles. The van der Waals surface area contributed by atoms with E-state index in [1.54, 1.807) is 0 Å². The average molecular weight is 238 g/mol. The van der Waals surface area contributed by atoms with Crippen LogP contribution in [0.5, 0.6) is 0 Å². The van der Waals surface area contributed by atoms with E-state index in [-0.39, 0.29) is 0 Å². The first-order valence-electron chi connectivity index (χ1n) is 5.40. The third-order valence-electron chi connectivity index (χ3n) is 2.95. The van der Waals surface area contributed by atoms with E-state index >= 15 is 0 Å². The Balaban J connectivity index is 1.94. The van der Waals surface area contributed by atoms with E-state index in [0.717, 1.165) is 37.5 Å². The quantitative estimate of drug-likeness (QED) is 0.802. The molecule has 0 aliphatic carbocycles.